The maximum Gasteiger partial charge on any atom is 0.142 e. The summed E-state index contributed by atoms with van der Waals surface area (Å²) in [5.74, 6) is 0.127. The number of hydrogen-bond donors (Lipinski definition) is 1. The third-order valence-electron chi connectivity index (χ3n) is 3.93. The van der Waals surface area contributed by atoms with Crippen LogP contribution in [-0.4, -0.2) is 6.54 Å². The Kier molecular flexibility index (Phi) is 5.66. The fourth-order valence-corrected chi connectivity index (χ4v) is 2.15. The predicted octanol–water partition coefficient (Wildman–Crippen LogP) is 5.47. The van der Waals surface area contributed by atoms with Crippen molar-refractivity contribution in [3.05, 3.63) is 33.6 Å². The topological polar surface area (TPSA) is 12.0 Å². The smallest absolute Gasteiger partial charge is 0.142 e. The van der Waals surface area contributed by atoms with Crippen LogP contribution >= 0.6 is 23.2 Å². The van der Waals surface area contributed by atoms with Crippen molar-refractivity contribution < 1.29 is 4.39 Å². The molecule has 1 nitrogen and oxygen atoms in total. The monoisotopic (exact) mass is 305 g/mol. The second-order valence-electron chi connectivity index (χ2n) is 6.03. The molecule has 0 saturated carbocycles. The van der Waals surface area contributed by atoms with Gasteiger partial charge in [0.05, 0.1) is 5.02 Å². The minimum Gasteiger partial charge on any atom is -0.310 e. The van der Waals surface area contributed by atoms with E-state index in [2.05, 4.69) is 33.0 Å². The van der Waals surface area contributed by atoms with Crippen LogP contribution in [0.3, 0.4) is 0 Å². The Morgan fingerprint density at radius 3 is 2.26 bits per heavy atom. The molecule has 4 heteroatoms. The summed E-state index contributed by atoms with van der Waals surface area (Å²) in [5.41, 5.74) is 0.911. The van der Waals surface area contributed by atoms with Crippen LogP contribution in [0.4, 0.5) is 4.39 Å². The van der Waals surface area contributed by atoms with Crippen LogP contribution in [0.2, 0.25) is 10.0 Å². The van der Waals surface area contributed by atoms with Gasteiger partial charge in [-0.15, -0.1) is 0 Å². The molecule has 1 aromatic carbocycles. The highest BCUT2D eigenvalue weighted by Gasteiger charge is 2.23. The molecule has 0 heterocycles. The van der Waals surface area contributed by atoms with E-state index in [4.69, 9.17) is 23.2 Å². The van der Waals surface area contributed by atoms with Gasteiger partial charge in [-0.2, -0.15) is 0 Å². The van der Waals surface area contributed by atoms with E-state index in [-0.39, 0.29) is 16.5 Å². The van der Waals surface area contributed by atoms with E-state index in [0.29, 0.717) is 10.9 Å². The summed E-state index contributed by atoms with van der Waals surface area (Å²) in [6.45, 7) is 11.6. The summed E-state index contributed by atoms with van der Waals surface area (Å²) < 4.78 is 13.5. The van der Waals surface area contributed by atoms with Crippen LogP contribution in [0.25, 0.3) is 0 Å². The molecule has 1 unspecified atom stereocenters. The lowest BCUT2D eigenvalue weighted by Crippen LogP contribution is -2.35. The fourth-order valence-electron chi connectivity index (χ4n) is 1.60. The third kappa shape index (κ3) is 4.34. The lowest BCUT2D eigenvalue weighted by Gasteiger charge is -2.31. The fraction of sp³-hybridized carbons (Fsp3) is 0.600. The van der Waals surface area contributed by atoms with Gasteiger partial charge in [0.2, 0.25) is 0 Å². The zero-order valence-corrected chi connectivity index (χ0v) is 13.7. The van der Waals surface area contributed by atoms with Crippen LogP contribution in [0.1, 0.15) is 46.2 Å². The molecule has 19 heavy (non-hydrogen) atoms. The summed E-state index contributed by atoms with van der Waals surface area (Å²) in [6.07, 6.45) is 0. The van der Waals surface area contributed by atoms with Crippen molar-refractivity contribution in [2.75, 3.05) is 6.54 Å². The van der Waals surface area contributed by atoms with Crippen LogP contribution < -0.4 is 5.32 Å². The molecule has 1 atom stereocenters. The molecule has 0 radical (unpaired) electrons. The second-order valence-corrected chi connectivity index (χ2v) is 6.85. The highest BCUT2D eigenvalue weighted by Crippen LogP contribution is 2.30. The molecular formula is C15H22Cl2FN. The standard InChI is InChI=1S/C15H22Cl2FN/c1-9(2)15(4,5)8-19-10(3)11-6-14(18)13(17)7-12(11)16/h6-7,9-10,19H,8H2,1-5H3. The van der Waals surface area contributed by atoms with Crippen molar-refractivity contribution in [1.29, 1.82) is 0 Å². The number of nitrogens with one attached hydrogen (secondary N) is 1. The van der Waals surface area contributed by atoms with E-state index in [1.807, 2.05) is 6.92 Å². The Bertz CT molecular complexity index is 444. The van der Waals surface area contributed by atoms with E-state index in [1.54, 1.807) is 0 Å². The zero-order chi connectivity index (χ0) is 14.8. The van der Waals surface area contributed by atoms with Gasteiger partial charge in [-0.25, -0.2) is 4.39 Å². The Morgan fingerprint density at radius 2 is 1.74 bits per heavy atom. The van der Waals surface area contributed by atoms with Crippen LogP contribution in [0.15, 0.2) is 12.1 Å². The molecule has 0 bridgehead atoms. The van der Waals surface area contributed by atoms with Crippen molar-refractivity contribution in [3.63, 3.8) is 0 Å². The Hall–Kier alpha value is -0.310. The van der Waals surface area contributed by atoms with Crippen LogP contribution in [0, 0.1) is 17.2 Å². The highest BCUT2D eigenvalue weighted by molar-refractivity contribution is 6.35. The second kappa shape index (κ2) is 6.43. The molecule has 1 rings (SSSR count). The van der Waals surface area contributed by atoms with E-state index >= 15 is 0 Å². The van der Waals surface area contributed by atoms with Gasteiger partial charge in [0.25, 0.3) is 0 Å². The Balaban J connectivity index is 2.79. The molecule has 1 aromatic rings. The van der Waals surface area contributed by atoms with E-state index in [1.165, 1.54) is 12.1 Å². The first-order valence-corrected chi connectivity index (χ1v) is 7.28. The molecule has 108 valence electrons. The van der Waals surface area contributed by atoms with E-state index < -0.39 is 5.82 Å². The minimum atomic E-state index is -0.433. The largest absolute Gasteiger partial charge is 0.310 e. The van der Waals surface area contributed by atoms with Crippen molar-refractivity contribution >= 4 is 23.2 Å². The molecule has 0 amide bonds. The molecule has 0 aliphatic carbocycles. The summed E-state index contributed by atoms with van der Waals surface area (Å²) >= 11 is 11.8. The average molecular weight is 306 g/mol. The van der Waals surface area contributed by atoms with Crippen molar-refractivity contribution in [2.24, 2.45) is 11.3 Å². The van der Waals surface area contributed by atoms with Gasteiger partial charge in [-0.05, 0) is 36.0 Å². The van der Waals surface area contributed by atoms with Gasteiger partial charge in [0.15, 0.2) is 0 Å². The number of hydrogen-bond acceptors (Lipinski definition) is 1. The van der Waals surface area contributed by atoms with Gasteiger partial charge in [0.1, 0.15) is 5.82 Å². The summed E-state index contributed by atoms with van der Waals surface area (Å²) in [4.78, 5) is 0. The van der Waals surface area contributed by atoms with Crippen molar-refractivity contribution in [3.8, 4) is 0 Å². The first-order chi connectivity index (χ1) is 8.65. The molecule has 0 spiro atoms. The number of rotatable bonds is 5. The maximum absolute atomic E-state index is 13.5. The third-order valence-corrected chi connectivity index (χ3v) is 4.55. The summed E-state index contributed by atoms with van der Waals surface area (Å²) in [7, 11) is 0. The van der Waals surface area contributed by atoms with Crippen LogP contribution in [-0.2, 0) is 0 Å². The first kappa shape index (κ1) is 16.7. The Labute approximate surface area is 125 Å². The van der Waals surface area contributed by atoms with Crippen molar-refractivity contribution in [1.82, 2.24) is 5.32 Å². The summed E-state index contributed by atoms with van der Waals surface area (Å²) in [5, 5.41) is 3.97. The van der Waals surface area contributed by atoms with Gasteiger partial charge in [-0.3, -0.25) is 0 Å². The highest BCUT2D eigenvalue weighted by atomic mass is 35.5. The van der Waals surface area contributed by atoms with E-state index in [0.717, 1.165) is 12.1 Å². The minimum absolute atomic E-state index is 0.0164. The van der Waals surface area contributed by atoms with Gasteiger partial charge in [0, 0.05) is 17.6 Å². The van der Waals surface area contributed by atoms with Gasteiger partial charge >= 0.3 is 0 Å². The molecule has 0 fully saturated rings. The molecule has 0 aromatic heterocycles. The predicted molar refractivity (Wildman–Crippen MR) is 81.5 cm³/mol. The molecule has 0 saturated heterocycles. The summed E-state index contributed by atoms with van der Waals surface area (Å²) in [6, 6.07) is 2.85. The maximum atomic E-state index is 13.5. The normalized spacial score (nSPS) is 13.9. The SMILES string of the molecule is CC(NCC(C)(C)C(C)C)c1cc(F)c(Cl)cc1Cl. The van der Waals surface area contributed by atoms with Crippen molar-refractivity contribution in [2.45, 2.75) is 40.7 Å². The van der Waals surface area contributed by atoms with E-state index in [9.17, 15) is 4.39 Å². The molecular weight excluding hydrogens is 284 g/mol. The average Bonchev–Trinajstić information content (AvgIpc) is 2.30. The molecule has 0 aliphatic heterocycles. The first-order valence-electron chi connectivity index (χ1n) is 6.53. The molecule has 0 aliphatic rings. The van der Waals surface area contributed by atoms with Gasteiger partial charge < -0.3 is 5.32 Å². The lowest BCUT2D eigenvalue weighted by atomic mass is 9.81. The zero-order valence-electron chi connectivity index (χ0n) is 12.2. The lowest BCUT2D eigenvalue weighted by molar-refractivity contribution is 0.230. The van der Waals surface area contributed by atoms with Gasteiger partial charge in [-0.1, -0.05) is 50.9 Å². The van der Waals surface area contributed by atoms with Crippen LogP contribution in [0.5, 0.6) is 0 Å². The molecule has 1 N–H and O–H groups in total. The quantitative estimate of drug-likeness (QED) is 0.712. The number of halogens is 3. The number of benzene rings is 1. The Morgan fingerprint density at radius 1 is 1.16 bits per heavy atom.